The number of benzene rings is 1. The molecule has 21 heavy (non-hydrogen) atoms. The average molecular weight is 279 g/mol. The van der Waals surface area contributed by atoms with E-state index in [1.54, 1.807) is 24.7 Å². The third kappa shape index (κ3) is 2.74. The lowest BCUT2D eigenvalue weighted by atomic mass is 10.2. The highest BCUT2D eigenvalue weighted by atomic mass is 16.1. The largest absolute Gasteiger partial charge is 0.397 e. The molecule has 1 amide bonds. The maximum Gasteiger partial charge on any atom is 0.274 e. The van der Waals surface area contributed by atoms with E-state index in [-0.39, 0.29) is 5.91 Å². The smallest absolute Gasteiger partial charge is 0.274 e. The van der Waals surface area contributed by atoms with Crippen LogP contribution in [-0.2, 0) is 0 Å². The minimum absolute atomic E-state index is 0.289. The zero-order chi connectivity index (χ0) is 14.7. The van der Waals surface area contributed by atoms with Crippen molar-refractivity contribution in [3.05, 3.63) is 67.0 Å². The van der Waals surface area contributed by atoms with Gasteiger partial charge in [0.1, 0.15) is 5.69 Å². The zero-order valence-corrected chi connectivity index (χ0v) is 11.1. The Kier molecular flexibility index (Phi) is 3.34. The molecular weight excluding hydrogens is 266 g/mol. The molecule has 0 radical (unpaired) electrons. The van der Waals surface area contributed by atoms with Crippen molar-refractivity contribution in [3.63, 3.8) is 0 Å². The summed E-state index contributed by atoms with van der Waals surface area (Å²) in [6.07, 6.45) is 6.62. The third-order valence-electron chi connectivity index (χ3n) is 2.95. The van der Waals surface area contributed by atoms with Crippen molar-refractivity contribution in [3.8, 4) is 5.69 Å². The van der Waals surface area contributed by atoms with Crippen molar-refractivity contribution in [2.75, 3.05) is 11.1 Å². The van der Waals surface area contributed by atoms with Gasteiger partial charge < -0.3 is 15.6 Å². The zero-order valence-electron chi connectivity index (χ0n) is 11.1. The van der Waals surface area contributed by atoms with Crippen molar-refractivity contribution >= 4 is 17.3 Å². The van der Waals surface area contributed by atoms with E-state index < -0.39 is 0 Å². The van der Waals surface area contributed by atoms with Gasteiger partial charge in [0.05, 0.1) is 29.6 Å². The third-order valence-corrected chi connectivity index (χ3v) is 2.95. The van der Waals surface area contributed by atoms with Crippen molar-refractivity contribution in [2.24, 2.45) is 0 Å². The van der Waals surface area contributed by atoms with Crippen LogP contribution in [0.5, 0.6) is 0 Å². The lowest BCUT2D eigenvalue weighted by Crippen LogP contribution is -2.15. The van der Waals surface area contributed by atoms with Crippen molar-refractivity contribution in [2.45, 2.75) is 0 Å². The molecule has 0 saturated heterocycles. The molecule has 2 aromatic heterocycles. The summed E-state index contributed by atoms with van der Waals surface area (Å²) in [4.78, 5) is 20.2. The van der Waals surface area contributed by atoms with E-state index in [1.165, 1.54) is 6.20 Å². The first-order valence-corrected chi connectivity index (χ1v) is 6.34. The molecule has 0 aliphatic heterocycles. The molecule has 3 rings (SSSR count). The van der Waals surface area contributed by atoms with E-state index in [0.29, 0.717) is 17.1 Å². The van der Waals surface area contributed by atoms with Crippen LogP contribution in [0.3, 0.4) is 0 Å². The van der Waals surface area contributed by atoms with Crippen molar-refractivity contribution < 1.29 is 4.79 Å². The fraction of sp³-hybridized carbons (Fsp3) is 0. The molecule has 0 atom stereocenters. The van der Waals surface area contributed by atoms with E-state index >= 15 is 0 Å². The number of rotatable bonds is 3. The molecule has 6 heteroatoms. The first kappa shape index (κ1) is 12.9. The lowest BCUT2D eigenvalue weighted by molar-refractivity contribution is 0.102. The van der Waals surface area contributed by atoms with Crippen LogP contribution >= 0.6 is 0 Å². The summed E-state index contributed by atoms with van der Waals surface area (Å²) in [5, 5.41) is 2.84. The van der Waals surface area contributed by atoms with Gasteiger partial charge in [-0.3, -0.25) is 4.79 Å². The van der Waals surface area contributed by atoms with Gasteiger partial charge in [-0.1, -0.05) is 12.1 Å². The first-order valence-electron chi connectivity index (χ1n) is 6.34. The molecule has 0 unspecified atom stereocenters. The summed E-state index contributed by atoms with van der Waals surface area (Å²) >= 11 is 0. The number of carbonyl (C=O) groups excluding carboxylic acids is 1. The quantitative estimate of drug-likeness (QED) is 0.768. The highest BCUT2D eigenvalue weighted by molar-refractivity contribution is 6.04. The maximum atomic E-state index is 12.2. The van der Waals surface area contributed by atoms with Gasteiger partial charge in [0, 0.05) is 12.4 Å². The first-order chi connectivity index (χ1) is 10.2. The number of nitrogens with two attached hydrogens (primary N) is 1. The predicted octanol–water partition coefficient (Wildman–Crippen LogP) is 2.10. The Bertz CT molecular complexity index is 750. The number of nitrogen functional groups attached to an aromatic ring is 1. The second-order valence-corrected chi connectivity index (χ2v) is 4.42. The number of anilines is 2. The maximum absolute atomic E-state index is 12.2. The Balaban J connectivity index is 1.88. The second-order valence-electron chi connectivity index (χ2n) is 4.42. The summed E-state index contributed by atoms with van der Waals surface area (Å²) in [7, 11) is 0. The van der Waals surface area contributed by atoms with Crippen LogP contribution in [0.2, 0.25) is 0 Å². The van der Waals surface area contributed by atoms with Gasteiger partial charge in [0.2, 0.25) is 0 Å². The van der Waals surface area contributed by atoms with Crippen LogP contribution in [0.4, 0.5) is 11.4 Å². The molecular formula is C15H13N5O. The number of hydrogen-bond donors (Lipinski definition) is 2. The van der Waals surface area contributed by atoms with Crippen molar-refractivity contribution in [1.29, 1.82) is 0 Å². The Hall–Kier alpha value is -3.15. The summed E-state index contributed by atoms with van der Waals surface area (Å²) in [5.41, 5.74) is 7.90. The van der Waals surface area contributed by atoms with Gasteiger partial charge in [-0.25, -0.2) is 9.97 Å². The topological polar surface area (TPSA) is 85.8 Å². The lowest BCUT2D eigenvalue weighted by Gasteiger charge is -2.11. The summed E-state index contributed by atoms with van der Waals surface area (Å²) in [6, 6.07) is 10.7. The highest BCUT2D eigenvalue weighted by Crippen LogP contribution is 2.20. The number of nitrogens with one attached hydrogen (secondary N) is 1. The van der Waals surface area contributed by atoms with Gasteiger partial charge >= 0.3 is 0 Å². The number of hydrogen-bond acceptors (Lipinski definition) is 4. The molecule has 1 aromatic carbocycles. The summed E-state index contributed by atoms with van der Waals surface area (Å²) in [6.45, 7) is 0. The molecule has 0 aliphatic rings. The van der Waals surface area contributed by atoms with Gasteiger partial charge in [-0.2, -0.15) is 0 Å². The van der Waals surface area contributed by atoms with Crippen LogP contribution in [0.15, 0.2) is 61.3 Å². The highest BCUT2D eigenvalue weighted by Gasteiger charge is 2.10. The van der Waals surface area contributed by atoms with Crippen molar-refractivity contribution in [1.82, 2.24) is 14.5 Å². The van der Waals surface area contributed by atoms with E-state index in [9.17, 15) is 4.79 Å². The molecule has 104 valence electrons. The van der Waals surface area contributed by atoms with Gasteiger partial charge in [0.15, 0.2) is 0 Å². The van der Waals surface area contributed by atoms with E-state index in [4.69, 9.17) is 5.73 Å². The Labute approximate surface area is 121 Å². The Morgan fingerprint density at radius 3 is 2.76 bits per heavy atom. The van der Waals surface area contributed by atoms with Gasteiger partial charge in [-0.05, 0) is 24.3 Å². The average Bonchev–Trinajstić information content (AvgIpc) is 3.02. The monoisotopic (exact) mass is 279 g/mol. The van der Waals surface area contributed by atoms with E-state index in [1.807, 2.05) is 35.0 Å². The summed E-state index contributed by atoms with van der Waals surface area (Å²) < 4.78 is 1.83. The molecule has 0 bridgehead atoms. The van der Waals surface area contributed by atoms with Crippen LogP contribution in [-0.4, -0.2) is 20.4 Å². The number of nitrogens with zero attached hydrogens (tertiary/aromatic N) is 3. The minimum atomic E-state index is -0.289. The van der Waals surface area contributed by atoms with E-state index in [0.717, 1.165) is 5.69 Å². The molecule has 2 heterocycles. The Morgan fingerprint density at radius 1 is 1.19 bits per heavy atom. The van der Waals surface area contributed by atoms with Gasteiger partial charge in [-0.15, -0.1) is 0 Å². The van der Waals surface area contributed by atoms with Crippen LogP contribution in [0, 0.1) is 0 Å². The van der Waals surface area contributed by atoms with Crippen LogP contribution < -0.4 is 11.1 Å². The standard InChI is InChI=1S/C15H13N5O/c16-11-5-6-13(18-9-11)15(21)19-12-3-1-2-4-14(12)20-8-7-17-10-20/h1-10H,16H2,(H,19,21). The fourth-order valence-electron chi connectivity index (χ4n) is 1.93. The Morgan fingerprint density at radius 2 is 2.05 bits per heavy atom. The molecule has 6 nitrogen and oxygen atoms in total. The molecule has 0 saturated carbocycles. The number of amides is 1. The SMILES string of the molecule is Nc1ccc(C(=O)Nc2ccccc2-n2ccnc2)nc1. The molecule has 0 fully saturated rings. The van der Waals surface area contributed by atoms with E-state index in [2.05, 4.69) is 15.3 Å². The molecule has 3 N–H and O–H groups in total. The molecule has 0 spiro atoms. The predicted molar refractivity (Wildman–Crippen MR) is 80.2 cm³/mol. The second kappa shape index (κ2) is 5.46. The fourth-order valence-corrected chi connectivity index (χ4v) is 1.93. The van der Waals surface area contributed by atoms with Crippen LogP contribution in [0.1, 0.15) is 10.5 Å². The number of aromatic nitrogens is 3. The van der Waals surface area contributed by atoms with Crippen LogP contribution in [0.25, 0.3) is 5.69 Å². The number of imidazole rings is 1. The minimum Gasteiger partial charge on any atom is -0.397 e. The number of para-hydroxylation sites is 2. The van der Waals surface area contributed by atoms with Gasteiger partial charge in [0.25, 0.3) is 5.91 Å². The molecule has 0 aliphatic carbocycles. The normalized spacial score (nSPS) is 10.3. The molecule has 3 aromatic rings. The summed E-state index contributed by atoms with van der Waals surface area (Å²) in [5.74, 6) is -0.289. The number of pyridine rings is 1. The number of carbonyl (C=O) groups is 1.